The van der Waals surface area contributed by atoms with E-state index in [1.807, 2.05) is 0 Å². The number of hydrogen-bond donors (Lipinski definition) is 5. The molecule has 2 aromatic carbocycles. The first-order valence-electron chi connectivity index (χ1n) is 11.0. The van der Waals surface area contributed by atoms with Crippen molar-refractivity contribution in [2.45, 2.75) is 25.7 Å². The number of esters is 2. The minimum atomic E-state index is -1.15. The van der Waals surface area contributed by atoms with Crippen LogP contribution in [0.4, 0.5) is 0 Å². The smallest absolute Gasteiger partial charge is 0.346 e. The van der Waals surface area contributed by atoms with E-state index in [2.05, 4.69) is 4.74 Å². The van der Waals surface area contributed by atoms with Gasteiger partial charge in [0.15, 0.2) is 0 Å². The molecular weight excluding hydrogens is 476 g/mol. The van der Waals surface area contributed by atoms with E-state index >= 15 is 0 Å². The predicted octanol–water partition coefficient (Wildman–Crippen LogP) is 2.56. The van der Waals surface area contributed by atoms with Gasteiger partial charge in [-0.3, -0.25) is 0 Å². The molecule has 4 rings (SSSR count). The zero-order valence-corrected chi connectivity index (χ0v) is 19.1. The Kier molecular flexibility index (Phi) is 10.3. The minimum Gasteiger partial charge on any atom is -0.478 e. The summed E-state index contributed by atoms with van der Waals surface area (Å²) in [7, 11) is 0. The number of aliphatic hydroxyl groups is 2. The average molecular weight is 502 g/mol. The fourth-order valence-corrected chi connectivity index (χ4v) is 3.60. The van der Waals surface area contributed by atoms with Gasteiger partial charge in [-0.25, -0.2) is 24.0 Å². The van der Waals surface area contributed by atoms with Crippen LogP contribution in [0.5, 0.6) is 0 Å². The summed E-state index contributed by atoms with van der Waals surface area (Å²) in [5.74, 6) is -3.91. The number of carbonyl (C=O) groups excluding carboxylic acids is 2. The topological polar surface area (TPSA) is 196 Å². The van der Waals surface area contributed by atoms with E-state index in [1.165, 1.54) is 30.3 Å². The number of hydrogen-bond acceptors (Lipinski definition) is 8. The van der Waals surface area contributed by atoms with Crippen LogP contribution >= 0.6 is 0 Å². The van der Waals surface area contributed by atoms with Gasteiger partial charge in [0.2, 0.25) is 0 Å². The van der Waals surface area contributed by atoms with Gasteiger partial charge in [-0.1, -0.05) is 6.07 Å². The van der Waals surface area contributed by atoms with E-state index < -0.39 is 29.8 Å². The molecule has 1 aliphatic carbocycles. The SMILES string of the molecule is O=C(O)c1ccc2c(c1)C(=O)OC2=O.O=C(O)c1cccc(C(=O)O)c1.OCC1CCC(CO)CC1. The van der Waals surface area contributed by atoms with E-state index in [9.17, 15) is 24.0 Å². The molecule has 1 aliphatic heterocycles. The lowest BCUT2D eigenvalue weighted by Gasteiger charge is -2.25. The maximum absolute atomic E-state index is 11.0. The van der Waals surface area contributed by atoms with Gasteiger partial charge in [-0.05, 0) is 73.9 Å². The van der Waals surface area contributed by atoms with Crippen molar-refractivity contribution in [3.63, 3.8) is 0 Å². The van der Waals surface area contributed by atoms with Crippen LogP contribution in [0, 0.1) is 11.8 Å². The van der Waals surface area contributed by atoms with Crippen LogP contribution in [0.15, 0.2) is 42.5 Å². The first kappa shape index (κ1) is 28.1. The van der Waals surface area contributed by atoms with Gasteiger partial charge in [0, 0.05) is 13.2 Å². The molecule has 0 spiro atoms. The second kappa shape index (κ2) is 13.1. The Bertz CT molecular complexity index is 1090. The van der Waals surface area contributed by atoms with E-state index in [4.69, 9.17) is 25.5 Å². The molecule has 1 fully saturated rings. The normalized spacial score (nSPS) is 17.9. The highest BCUT2D eigenvalue weighted by Gasteiger charge is 2.30. The zero-order valence-electron chi connectivity index (χ0n) is 19.1. The Morgan fingerprint density at radius 2 is 1.08 bits per heavy atom. The van der Waals surface area contributed by atoms with Gasteiger partial charge in [-0.2, -0.15) is 0 Å². The van der Waals surface area contributed by atoms with Crippen molar-refractivity contribution in [1.82, 2.24) is 0 Å². The van der Waals surface area contributed by atoms with E-state index in [0.29, 0.717) is 25.0 Å². The van der Waals surface area contributed by atoms with Crippen molar-refractivity contribution in [2.75, 3.05) is 13.2 Å². The quantitative estimate of drug-likeness (QED) is 0.298. The Labute approximate surface area is 205 Å². The molecule has 2 aromatic rings. The van der Waals surface area contributed by atoms with Crippen LogP contribution in [-0.4, -0.2) is 68.6 Å². The molecule has 2 aliphatic rings. The molecule has 5 N–H and O–H groups in total. The van der Waals surface area contributed by atoms with Gasteiger partial charge in [0.1, 0.15) is 0 Å². The predicted molar refractivity (Wildman–Crippen MR) is 123 cm³/mol. The maximum atomic E-state index is 11.0. The van der Waals surface area contributed by atoms with Gasteiger partial charge in [-0.15, -0.1) is 0 Å². The Balaban J connectivity index is 0.000000193. The maximum Gasteiger partial charge on any atom is 0.346 e. The number of aromatic carboxylic acids is 3. The highest BCUT2D eigenvalue weighted by atomic mass is 16.6. The number of fused-ring (bicyclic) bond motifs is 1. The highest BCUT2D eigenvalue weighted by molar-refractivity contribution is 6.15. The zero-order chi connectivity index (χ0) is 26.8. The Morgan fingerprint density at radius 1 is 0.667 bits per heavy atom. The van der Waals surface area contributed by atoms with Crippen LogP contribution in [0.1, 0.15) is 77.5 Å². The van der Waals surface area contributed by atoms with Gasteiger partial charge in [0.05, 0.1) is 27.8 Å². The summed E-state index contributed by atoms with van der Waals surface area (Å²) in [4.78, 5) is 53.3. The molecule has 192 valence electrons. The Morgan fingerprint density at radius 3 is 1.50 bits per heavy atom. The summed E-state index contributed by atoms with van der Waals surface area (Å²) in [5, 5.41) is 43.2. The summed E-state index contributed by atoms with van der Waals surface area (Å²) in [5.41, 5.74) is 0.0371. The molecule has 11 nitrogen and oxygen atoms in total. The summed E-state index contributed by atoms with van der Waals surface area (Å²) < 4.78 is 4.30. The number of rotatable bonds is 5. The van der Waals surface area contributed by atoms with Crippen molar-refractivity contribution >= 4 is 29.8 Å². The van der Waals surface area contributed by atoms with Gasteiger partial charge in [0.25, 0.3) is 0 Å². The Hall–Kier alpha value is -4.09. The van der Waals surface area contributed by atoms with E-state index in [0.717, 1.165) is 37.8 Å². The van der Waals surface area contributed by atoms with Crippen molar-refractivity contribution < 1.29 is 54.2 Å². The number of benzene rings is 2. The molecule has 0 amide bonds. The summed E-state index contributed by atoms with van der Waals surface area (Å²) in [6.45, 7) is 0.663. The van der Waals surface area contributed by atoms with Crippen LogP contribution in [0.2, 0.25) is 0 Å². The van der Waals surface area contributed by atoms with Crippen LogP contribution < -0.4 is 0 Å². The lowest BCUT2D eigenvalue weighted by molar-refractivity contribution is 0.0442. The summed E-state index contributed by atoms with van der Waals surface area (Å²) in [6, 6.07) is 8.85. The molecule has 0 aromatic heterocycles. The number of carboxylic acid groups (broad SMARTS) is 3. The summed E-state index contributed by atoms with van der Waals surface area (Å²) >= 11 is 0. The van der Waals surface area contributed by atoms with Crippen LogP contribution in [0.3, 0.4) is 0 Å². The van der Waals surface area contributed by atoms with Gasteiger partial charge >= 0.3 is 29.8 Å². The number of aliphatic hydroxyl groups excluding tert-OH is 2. The second-order valence-corrected chi connectivity index (χ2v) is 8.19. The van der Waals surface area contributed by atoms with Crippen LogP contribution in [-0.2, 0) is 4.74 Å². The van der Waals surface area contributed by atoms with E-state index in [-0.39, 0.29) is 27.8 Å². The molecule has 0 bridgehead atoms. The lowest BCUT2D eigenvalue weighted by atomic mass is 9.83. The van der Waals surface area contributed by atoms with Crippen molar-refractivity contribution in [3.8, 4) is 0 Å². The van der Waals surface area contributed by atoms with Gasteiger partial charge < -0.3 is 30.3 Å². The van der Waals surface area contributed by atoms with Crippen LogP contribution in [0.25, 0.3) is 0 Å². The molecular formula is C25H26O11. The fraction of sp³-hybridized carbons (Fsp3) is 0.320. The molecule has 0 radical (unpaired) electrons. The third kappa shape index (κ3) is 7.72. The monoisotopic (exact) mass is 502 g/mol. The number of carboxylic acids is 3. The highest BCUT2D eigenvalue weighted by Crippen LogP contribution is 2.27. The van der Waals surface area contributed by atoms with Crippen molar-refractivity contribution in [1.29, 1.82) is 0 Å². The number of ether oxygens (including phenoxy) is 1. The number of carbonyl (C=O) groups is 5. The lowest BCUT2D eigenvalue weighted by Crippen LogP contribution is -2.19. The minimum absolute atomic E-state index is 0.00917. The van der Waals surface area contributed by atoms with Crippen molar-refractivity contribution in [2.24, 2.45) is 11.8 Å². The van der Waals surface area contributed by atoms with E-state index in [1.54, 1.807) is 0 Å². The molecule has 0 unspecified atom stereocenters. The molecule has 1 heterocycles. The molecule has 0 atom stereocenters. The van der Waals surface area contributed by atoms with Crippen molar-refractivity contribution in [3.05, 3.63) is 70.3 Å². The standard InChI is InChI=1S/C9H4O5.C8H6O4.C8H16O2/c10-7(11)4-1-2-5-6(3-4)9(13)14-8(5)12;9-7(10)5-2-1-3-6(4-5)8(11)12;9-5-7-1-2-8(6-10)4-3-7/h1-3H,(H,10,11);1-4H,(H,9,10)(H,11,12);7-10H,1-6H2. The second-order valence-electron chi connectivity index (χ2n) is 8.19. The third-order valence-electron chi connectivity index (χ3n) is 5.73. The summed E-state index contributed by atoms with van der Waals surface area (Å²) in [6.07, 6.45) is 4.40. The first-order valence-corrected chi connectivity index (χ1v) is 11.0. The first-order chi connectivity index (χ1) is 17.1. The average Bonchev–Trinajstić information content (AvgIpc) is 3.17. The molecule has 0 saturated heterocycles. The third-order valence-corrected chi connectivity index (χ3v) is 5.73. The number of cyclic esters (lactones) is 2. The largest absolute Gasteiger partial charge is 0.478 e. The molecule has 36 heavy (non-hydrogen) atoms. The molecule has 1 saturated carbocycles. The fourth-order valence-electron chi connectivity index (χ4n) is 3.60. The molecule has 11 heteroatoms.